The van der Waals surface area contributed by atoms with E-state index in [0.29, 0.717) is 16.6 Å². The van der Waals surface area contributed by atoms with Crippen molar-refractivity contribution in [2.24, 2.45) is 0 Å². The van der Waals surface area contributed by atoms with Gasteiger partial charge in [0.15, 0.2) is 0 Å². The Kier molecular flexibility index (Phi) is 2.98. The Morgan fingerprint density at radius 1 is 1.32 bits per heavy atom. The summed E-state index contributed by atoms with van der Waals surface area (Å²) in [4.78, 5) is 14.0. The molecular weight excluding hydrogens is 299 g/mol. The number of nitrogens with one attached hydrogen (secondary N) is 2. The SMILES string of the molecule is Cc1[nH]c2cc(C(F)(F)F)ccc2c1-c1[nH]ncc1C(=O)O. The van der Waals surface area contributed by atoms with Crippen LogP contribution in [-0.4, -0.2) is 26.3 Å². The van der Waals surface area contributed by atoms with Crippen LogP contribution in [0, 0.1) is 6.92 Å². The van der Waals surface area contributed by atoms with Crippen molar-refractivity contribution in [3.05, 3.63) is 41.2 Å². The monoisotopic (exact) mass is 309 g/mol. The van der Waals surface area contributed by atoms with E-state index in [1.165, 1.54) is 12.3 Å². The maximum Gasteiger partial charge on any atom is 0.416 e. The number of carboxylic acid groups (broad SMARTS) is 1. The highest BCUT2D eigenvalue weighted by Gasteiger charge is 2.31. The molecule has 0 fully saturated rings. The smallest absolute Gasteiger partial charge is 0.416 e. The molecule has 1 aromatic carbocycles. The Bertz CT molecular complexity index is 877. The largest absolute Gasteiger partial charge is 0.478 e. The minimum atomic E-state index is -4.44. The van der Waals surface area contributed by atoms with Gasteiger partial charge in [0, 0.05) is 22.2 Å². The summed E-state index contributed by atoms with van der Waals surface area (Å²) in [5.41, 5.74) is 0.795. The maximum atomic E-state index is 12.8. The minimum absolute atomic E-state index is 0.0381. The van der Waals surface area contributed by atoms with Crippen LogP contribution in [0.5, 0.6) is 0 Å². The zero-order valence-electron chi connectivity index (χ0n) is 11.2. The van der Waals surface area contributed by atoms with Gasteiger partial charge >= 0.3 is 12.1 Å². The van der Waals surface area contributed by atoms with Gasteiger partial charge in [0.2, 0.25) is 0 Å². The molecule has 0 radical (unpaired) electrons. The average molecular weight is 309 g/mol. The van der Waals surface area contributed by atoms with Gasteiger partial charge in [-0.3, -0.25) is 5.10 Å². The van der Waals surface area contributed by atoms with E-state index >= 15 is 0 Å². The van der Waals surface area contributed by atoms with Gasteiger partial charge < -0.3 is 10.1 Å². The molecule has 2 heterocycles. The number of H-pyrrole nitrogens is 2. The van der Waals surface area contributed by atoms with Crippen LogP contribution in [0.15, 0.2) is 24.4 Å². The second-order valence-electron chi connectivity index (χ2n) is 4.85. The first-order valence-electron chi connectivity index (χ1n) is 6.25. The molecule has 114 valence electrons. The lowest BCUT2D eigenvalue weighted by atomic mass is 10.0. The lowest BCUT2D eigenvalue weighted by molar-refractivity contribution is -0.137. The molecule has 0 bridgehead atoms. The summed E-state index contributed by atoms with van der Waals surface area (Å²) in [5.74, 6) is -1.16. The molecule has 0 aliphatic rings. The Balaban J connectivity index is 2.25. The van der Waals surface area contributed by atoms with Crippen LogP contribution in [0.1, 0.15) is 21.6 Å². The fraction of sp³-hybridized carbons (Fsp3) is 0.143. The number of halogens is 3. The minimum Gasteiger partial charge on any atom is -0.478 e. The van der Waals surface area contributed by atoms with Crippen LogP contribution < -0.4 is 0 Å². The third-order valence-electron chi connectivity index (χ3n) is 3.43. The number of carbonyl (C=O) groups is 1. The van der Waals surface area contributed by atoms with Gasteiger partial charge in [-0.25, -0.2) is 4.79 Å². The Morgan fingerprint density at radius 3 is 2.68 bits per heavy atom. The lowest BCUT2D eigenvalue weighted by Gasteiger charge is -2.06. The summed E-state index contributed by atoms with van der Waals surface area (Å²) in [6.07, 6.45) is -3.27. The van der Waals surface area contributed by atoms with Crippen LogP contribution in [0.3, 0.4) is 0 Å². The first kappa shape index (κ1) is 14.2. The summed E-state index contributed by atoms with van der Waals surface area (Å²) < 4.78 is 38.3. The van der Waals surface area contributed by atoms with E-state index in [4.69, 9.17) is 5.11 Å². The topological polar surface area (TPSA) is 81.8 Å². The third kappa shape index (κ3) is 2.12. The van der Waals surface area contributed by atoms with Gasteiger partial charge in [-0.2, -0.15) is 18.3 Å². The molecule has 0 spiro atoms. The van der Waals surface area contributed by atoms with Crippen molar-refractivity contribution in [1.29, 1.82) is 0 Å². The number of aromatic nitrogens is 3. The van der Waals surface area contributed by atoms with Crippen LogP contribution >= 0.6 is 0 Å². The summed E-state index contributed by atoms with van der Waals surface area (Å²) >= 11 is 0. The van der Waals surface area contributed by atoms with Gasteiger partial charge in [0.1, 0.15) is 5.56 Å². The standard InChI is InChI=1S/C14H10F3N3O2/c1-6-11(12-9(13(21)22)5-18-20-12)8-3-2-7(14(15,16)17)4-10(8)19-6/h2-5,19H,1H3,(H,18,20)(H,21,22). The van der Waals surface area contributed by atoms with Crippen molar-refractivity contribution < 1.29 is 23.1 Å². The number of benzene rings is 1. The van der Waals surface area contributed by atoms with Gasteiger partial charge in [-0.15, -0.1) is 0 Å². The van der Waals surface area contributed by atoms with Crippen molar-refractivity contribution in [2.45, 2.75) is 13.1 Å². The summed E-state index contributed by atoms with van der Waals surface area (Å²) in [7, 11) is 0. The Hall–Kier alpha value is -2.77. The molecule has 5 nitrogen and oxygen atoms in total. The van der Waals surface area contributed by atoms with E-state index in [-0.39, 0.29) is 16.8 Å². The molecule has 3 aromatic rings. The molecule has 0 aliphatic carbocycles. The van der Waals surface area contributed by atoms with Gasteiger partial charge in [-0.1, -0.05) is 6.07 Å². The molecule has 0 atom stereocenters. The van der Waals surface area contributed by atoms with E-state index in [1.54, 1.807) is 6.92 Å². The van der Waals surface area contributed by atoms with E-state index in [9.17, 15) is 18.0 Å². The van der Waals surface area contributed by atoms with E-state index in [2.05, 4.69) is 15.2 Å². The molecule has 0 aliphatic heterocycles. The van der Waals surface area contributed by atoms with Crippen LogP contribution in [0.4, 0.5) is 13.2 Å². The zero-order valence-corrected chi connectivity index (χ0v) is 11.2. The number of aromatic amines is 2. The first-order chi connectivity index (χ1) is 10.3. The maximum absolute atomic E-state index is 12.8. The highest BCUT2D eigenvalue weighted by Crippen LogP contribution is 2.36. The van der Waals surface area contributed by atoms with Gasteiger partial charge in [0.05, 0.1) is 17.5 Å². The number of nitrogens with zero attached hydrogens (tertiary/aromatic N) is 1. The molecule has 0 unspecified atom stereocenters. The number of carboxylic acids is 1. The Labute approximate surface area is 121 Å². The molecular formula is C14H10F3N3O2. The fourth-order valence-electron chi connectivity index (χ4n) is 2.47. The van der Waals surface area contributed by atoms with Crippen LogP contribution in [-0.2, 0) is 6.18 Å². The summed E-state index contributed by atoms with van der Waals surface area (Å²) in [6.45, 7) is 1.66. The second-order valence-corrected chi connectivity index (χ2v) is 4.85. The Morgan fingerprint density at radius 2 is 2.05 bits per heavy atom. The van der Waals surface area contributed by atoms with E-state index in [1.807, 2.05) is 0 Å². The zero-order chi connectivity index (χ0) is 16.1. The molecule has 0 saturated heterocycles. The molecule has 3 N–H and O–H groups in total. The first-order valence-corrected chi connectivity index (χ1v) is 6.25. The fourth-order valence-corrected chi connectivity index (χ4v) is 2.47. The molecule has 2 aromatic heterocycles. The second kappa shape index (κ2) is 4.62. The average Bonchev–Trinajstić information content (AvgIpc) is 2.99. The summed E-state index contributed by atoms with van der Waals surface area (Å²) in [5, 5.41) is 15.9. The van der Waals surface area contributed by atoms with Crippen molar-refractivity contribution >= 4 is 16.9 Å². The van der Waals surface area contributed by atoms with E-state index in [0.717, 1.165) is 12.1 Å². The molecule has 0 amide bonds. The van der Waals surface area contributed by atoms with Crippen molar-refractivity contribution in [3.63, 3.8) is 0 Å². The predicted molar refractivity (Wildman–Crippen MR) is 72.6 cm³/mol. The number of hydrogen-bond acceptors (Lipinski definition) is 2. The van der Waals surface area contributed by atoms with Crippen molar-refractivity contribution in [1.82, 2.24) is 15.2 Å². The number of alkyl halides is 3. The third-order valence-corrected chi connectivity index (χ3v) is 3.43. The van der Waals surface area contributed by atoms with Crippen LogP contribution in [0.2, 0.25) is 0 Å². The number of hydrogen-bond donors (Lipinski definition) is 3. The summed E-state index contributed by atoms with van der Waals surface area (Å²) in [6, 6.07) is 3.29. The van der Waals surface area contributed by atoms with Crippen molar-refractivity contribution in [2.75, 3.05) is 0 Å². The van der Waals surface area contributed by atoms with Crippen LogP contribution in [0.25, 0.3) is 22.2 Å². The number of aryl methyl sites for hydroxylation is 1. The predicted octanol–water partition coefficient (Wildman–Crippen LogP) is 3.58. The number of rotatable bonds is 2. The molecule has 3 rings (SSSR count). The normalized spacial score (nSPS) is 12.0. The molecule has 0 saturated carbocycles. The molecule has 22 heavy (non-hydrogen) atoms. The van der Waals surface area contributed by atoms with E-state index < -0.39 is 17.7 Å². The number of aromatic carboxylic acids is 1. The van der Waals surface area contributed by atoms with Gasteiger partial charge in [-0.05, 0) is 19.1 Å². The molecule has 8 heteroatoms. The highest BCUT2D eigenvalue weighted by molar-refractivity contribution is 6.03. The highest BCUT2D eigenvalue weighted by atomic mass is 19.4. The van der Waals surface area contributed by atoms with Gasteiger partial charge in [0.25, 0.3) is 0 Å². The quantitative estimate of drug-likeness (QED) is 0.676. The number of fused-ring (bicyclic) bond motifs is 1. The lowest BCUT2D eigenvalue weighted by Crippen LogP contribution is -2.04. The van der Waals surface area contributed by atoms with Crippen molar-refractivity contribution in [3.8, 4) is 11.3 Å².